The fourth-order valence-corrected chi connectivity index (χ4v) is 4.71. The van der Waals surface area contributed by atoms with Gasteiger partial charge >= 0.3 is 0 Å². The van der Waals surface area contributed by atoms with Gasteiger partial charge in [-0.1, -0.05) is 6.07 Å². The lowest BCUT2D eigenvalue weighted by Crippen LogP contribution is -2.30. The van der Waals surface area contributed by atoms with Crippen LogP contribution < -0.4 is 14.2 Å². The topological polar surface area (TPSA) is 60.9 Å². The van der Waals surface area contributed by atoms with E-state index >= 15 is 0 Å². The second kappa shape index (κ2) is 8.59. The van der Waals surface area contributed by atoms with Crippen molar-refractivity contribution in [3.05, 3.63) is 69.7 Å². The Hall–Kier alpha value is -3.06. The lowest BCUT2D eigenvalue weighted by Gasteiger charge is -2.27. The molecule has 0 saturated carbocycles. The van der Waals surface area contributed by atoms with Gasteiger partial charge in [0, 0.05) is 17.5 Å². The molecule has 0 aliphatic carbocycles. The van der Waals surface area contributed by atoms with Gasteiger partial charge in [0.25, 0.3) is 5.91 Å². The smallest absolute Gasteiger partial charge is 0.254 e. The van der Waals surface area contributed by atoms with Crippen molar-refractivity contribution < 1.29 is 19.0 Å². The molecule has 2 aliphatic rings. The molecule has 1 aromatic heterocycles. The van der Waals surface area contributed by atoms with Crippen molar-refractivity contribution in [1.82, 2.24) is 9.88 Å². The zero-order valence-corrected chi connectivity index (χ0v) is 18.2. The number of thiazole rings is 1. The molecule has 0 spiro atoms. The maximum Gasteiger partial charge on any atom is 0.254 e. The van der Waals surface area contributed by atoms with Crippen LogP contribution in [0.2, 0.25) is 0 Å². The molecule has 31 heavy (non-hydrogen) atoms. The third-order valence-corrected chi connectivity index (χ3v) is 6.44. The molecule has 2 aromatic carbocycles. The SMILES string of the molecule is Cc1nc(COc2ccc(C(=O)N3CCC[C@H]3c3ccc4c(c3)OCCO4)cc2)cs1. The van der Waals surface area contributed by atoms with Crippen molar-refractivity contribution in [2.45, 2.75) is 32.4 Å². The summed E-state index contributed by atoms with van der Waals surface area (Å²) in [6.07, 6.45) is 1.93. The molecule has 5 rings (SSSR count). The molecule has 7 heteroatoms. The number of amides is 1. The van der Waals surface area contributed by atoms with Crippen LogP contribution in [0.1, 0.15) is 45.5 Å². The minimum atomic E-state index is 0.0408. The summed E-state index contributed by atoms with van der Waals surface area (Å²) in [6.45, 7) is 4.28. The Morgan fingerprint density at radius 2 is 1.97 bits per heavy atom. The van der Waals surface area contributed by atoms with Gasteiger partial charge in [0.15, 0.2) is 11.5 Å². The van der Waals surface area contributed by atoms with E-state index in [-0.39, 0.29) is 11.9 Å². The fourth-order valence-electron chi connectivity index (χ4n) is 4.11. The molecule has 1 saturated heterocycles. The summed E-state index contributed by atoms with van der Waals surface area (Å²) >= 11 is 1.61. The van der Waals surface area contributed by atoms with Crippen molar-refractivity contribution in [2.75, 3.05) is 19.8 Å². The van der Waals surface area contributed by atoms with Crippen LogP contribution in [0.4, 0.5) is 0 Å². The Bertz CT molecular complexity index is 1080. The number of benzene rings is 2. The first-order valence-corrected chi connectivity index (χ1v) is 11.4. The van der Waals surface area contributed by atoms with E-state index < -0.39 is 0 Å². The number of fused-ring (bicyclic) bond motifs is 1. The maximum atomic E-state index is 13.2. The summed E-state index contributed by atoms with van der Waals surface area (Å²) in [4.78, 5) is 19.6. The Balaban J connectivity index is 1.27. The van der Waals surface area contributed by atoms with Gasteiger partial charge in [0.05, 0.1) is 16.7 Å². The number of likely N-dealkylation sites (tertiary alicyclic amines) is 1. The largest absolute Gasteiger partial charge is 0.487 e. The van der Waals surface area contributed by atoms with Crippen LogP contribution in [0.25, 0.3) is 0 Å². The van der Waals surface area contributed by atoms with E-state index in [0.29, 0.717) is 25.4 Å². The second-order valence-corrected chi connectivity index (χ2v) is 8.79. The molecule has 3 aromatic rings. The van der Waals surface area contributed by atoms with Crippen LogP contribution in [0.3, 0.4) is 0 Å². The molecule has 6 nitrogen and oxygen atoms in total. The molecule has 0 unspecified atom stereocenters. The minimum absolute atomic E-state index is 0.0408. The van der Waals surface area contributed by atoms with E-state index in [1.54, 1.807) is 11.3 Å². The van der Waals surface area contributed by atoms with Crippen molar-refractivity contribution in [3.63, 3.8) is 0 Å². The van der Waals surface area contributed by atoms with E-state index in [9.17, 15) is 4.79 Å². The molecule has 0 radical (unpaired) electrons. The number of carbonyl (C=O) groups is 1. The van der Waals surface area contributed by atoms with Gasteiger partial charge in [-0.25, -0.2) is 4.98 Å². The molecule has 1 atom stereocenters. The normalized spacial score (nSPS) is 17.6. The molecule has 0 N–H and O–H groups in total. The summed E-state index contributed by atoms with van der Waals surface area (Å²) < 4.78 is 17.2. The Morgan fingerprint density at radius 1 is 1.16 bits per heavy atom. The molecule has 160 valence electrons. The zero-order valence-electron chi connectivity index (χ0n) is 17.4. The maximum absolute atomic E-state index is 13.2. The Morgan fingerprint density at radius 3 is 2.74 bits per heavy atom. The van der Waals surface area contributed by atoms with E-state index in [2.05, 4.69) is 4.98 Å². The number of ether oxygens (including phenoxy) is 3. The zero-order chi connectivity index (χ0) is 21.2. The lowest BCUT2D eigenvalue weighted by molar-refractivity contribution is 0.0735. The highest BCUT2D eigenvalue weighted by atomic mass is 32.1. The van der Waals surface area contributed by atoms with Crippen molar-refractivity contribution in [2.24, 2.45) is 0 Å². The van der Waals surface area contributed by atoms with Gasteiger partial charge in [-0.15, -0.1) is 11.3 Å². The van der Waals surface area contributed by atoms with Gasteiger partial charge in [-0.05, 0) is 61.7 Å². The number of aromatic nitrogens is 1. The van der Waals surface area contributed by atoms with Crippen molar-refractivity contribution in [1.29, 1.82) is 0 Å². The molecular formula is C24H24N2O4S. The molecule has 1 fully saturated rings. The molecule has 2 aliphatic heterocycles. The van der Waals surface area contributed by atoms with Crippen LogP contribution in [0.5, 0.6) is 17.2 Å². The number of hydrogen-bond donors (Lipinski definition) is 0. The highest BCUT2D eigenvalue weighted by molar-refractivity contribution is 7.09. The number of hydrogen-bond acceptors (Lipinski definition) is 6. The predicted molar refractivity (Wildman–Crippen MR) is 118 cm³/mol. The van der Waals surface area contributed by atoms with Crippen LogP contribution >= 0.6 is 11.3 Å². The lowest BCUT2D eigenvalue weighted by atomic mass is 10.0. The first-order valence-electron chi connectivity index (χ1n) is 10.5. The highest BCUT2D eigenvalue weighted by Crippen LogP contribution is 2.38. The number of aryl methyl sites for hydroxylation is 1. The Kier molecular flexibility index (Phi) is 5.51. The molecule has 1 amide bonds. The molecule has 0 bridgehead atoms. The third kappa shape index (κ3) is 4.23. The average Bonchev–Trinajstić information content (AvgIpc) is 3.46. The standard InChI is InChI=1S/C24H24N2O4S/c1-16-25-19(15-31-16)14-30-20-7-4-17(5-8-20)24(27)26-10-2-3-21(26)18-6-9-22-23(13-18)29-12-11-28-22/h4-9,13,15,21H,2-3,10-12,14H2,1H3/t21-/m0/s1. The first kappa shape index (κ1) is 19.9. The van der Waals surface area contributed by atoms with Gasteiger partial charge in [-0.3, -0.25) is 4.79 Å². The second-order valence-electron chi connectivity index (χ2n) is 7.73. The fraction of sp³-hybridized carbons (Fsp3) is 0.333. The van der Waals surface area contributed by atoms with Crippen LogP contribution in [-0.2, 0) is 6.61 Å². The number of carbonyl (C=O) groups excluding carboxylic acids is 1. The quantitative estimate of drug-likeness (QED) is 0.576. The number of nitrogens with zero attached hydrogens (tertiary/aromatic N) is 2. The third-order valence-electron chi connectivity index (χ3n) is 5.62. The highest BCUT2D eigenvalue weighted by Gasteiger charge is 2.31. The number of rotatable bonds is 5. The summed E-state index contributed by atoms with van der Waals surface area (Å²) in [7, 11) is 0. The molecular weight excluding hydrogens is 412 g/mol. The van der Waals surface area contributed by atoms with E-state index in [1.807, 2.05) is 59.7 Å². The Labute approximate surface area is 185 Å². The summed E-state index contributed by atoms with van der Waals surface area (Å²) in [5.74, 6) is 2.31. The van der Waals surface area contributed by atoms with Gasteiger partial charge in [-0.2, -0.15) is 0 Å². The van der Waals surface area contributed by atoms with Crippen LogP contribution in [0.15, 0.2) is 47.8 Å². The summed E-state index contributed by atoms with van der Waals surface area (Å²) in [5, 5.41) is 3.02. The van der Waals surface area contributed by atoms with Crippen LogP contribution in [0, 0.1) is 6.92 Å². The van der Waals surface area contributed by atoms with Gasteiger partial charge in [0.1, 0.15) is 25.6 Å². The summed E-state index contributed by atoms with van der Waals surface area (Å²) in [6, 6.07) is 13.4. The monoisotopic (exact) mass is 436 g/mol. The van der Waals surface area contributed by atoms with E-state index in [0.717, 1.165) is 52.9 Å². The summed E-state index contributed by atoms with van der Waals surface area (Å²) in [5.41, 5.74) is 2.68. The van der Waals surface area contributed by atoms with Gasteiger partial charge < -0.3 is 19.1 Å². The first-order chi connectivity index (χ1) is 15.2. The van der Waals surface area contributed by atoms with Gasteiger partial charge in [0.2, 0.25) is 0 Å². The minimum Gasteiger partial charge on any atom is -0.487 e. The predicted octanol–water partition coefficient (Wildman–Crippen LogP) is 4.78. The van der Waals surface area contributed by atoms with Crippen molar-refractivity contribution in [3.8, 4) is 17.2 Å². The van der Waals surface area contributed by atoms with E-state index in [1.165, 1.54) is 0 Å². The van der Waals surface area contributed by atoms with Crippen molar-refractivity contribution >= 4 is 17.2 Å². The van der Waals surface area contributed by atoms with Crippen LogP contribution in [-0.4, -0.2) is 35.5 Å². The molecule has 3 heterocycles. The average molecular weight is 437 g/mol. The van der Waals surface area contributed by atoms with E-state index in [4.69, 9.17) is 14.2 Å².